The lowest BCUT2D eigenvalue weighted by Gasteiger charge is -2.29. The van der Waals surface area contributed by atoms with Crippen LogP contribution >= 0.6 is 0 Å². The van der Waals surface area contributed by atoms with Crippen LogP contribution in [0.3, 0.4) is 0 Å². The van der Waals surface area contributed by atoms with Crippen molar-refractivity contribution in [2.75, 3.05) is 19.8 Å². The molecule has 52 heavy (non-hydrogen) atoms. The van der Waals surface area contributed by atoms with Gasteiger partial charge >= 0.3 is 12.1 Å². The van der Waals surface area contributed by atoms with Crippen LogP contribution in [0.25, 0.3) is 11.1 Å². The third-order valence-corrected chi connectivity index (χ3v) is 10.0. The normalized spacial score (nSPS) is 15.9. The average Bonchev–Trinajstić information content (AvgIpc) is 3.76. The number of carbonyl (C=O) groups is 4. The van der Waals surface area contributed by atoms with Crippen LogP contribution in [0.15, 0.2) is 104 Å². The fourth-order valence-electron chi connectivity index (χ4n) is 7.21. The molecule has 3 atom stereocenters. The van der Waals surface area contributed by atoms with Gasteiger partial charge in [-0.1, -0.05) is 104 Å². The van der Waals surface area contributed by atoms with Gasteiger partial charge in [0.05, 0.1) is 24.1 Å². The summed E-state index contributed by atoms with van der Waals surface area (Å²) in [6, 6.07) is 23.4. The number of esters is 1. The summed E-state index contributed by atoms with van der Waals surface area (Å²) in [7, 11) is 0. The fraction of sp³-hybridized carbons (Fsp3) is 0.381. The molecule has 0 bridgehead atoms. The van der Waals surface area contributed by atoms with Crippen molar-refractivity contribution < 1.29 is 33.8 Å². The van der Waals surface area contributed by atoms with Gasteiger partial charge in [-0.25, -0.2) is 9.59 Å². The van der Waals surface area contributed by atoms with E-state index in [4.69, 9.17) is 9.47 Å². The third kappa shape index (κ3) is 9.55. The van der Waals surface area contributed by atoms with E-state index in [1.807, 2.05) is 66.7 Å². The van der Waals surface area contributed by atoms with E-state index >= 15 is 0 Å². The fourth-order valence-corrected chi connectivity index (χ4v) is 7.21. The highest BCUT2D eigenvalue weighted by Gasteiger charge is 2.36. The van der Waals surface area contributed by atoms with Crippen molar-refractivity contribution in [1.29, 1.82) is 0 Å². The largest absolute Gasteiger partial charge is 0.462 e. The zero-order chi connectivity index (χ0) is 36.9. The summed E-state index contributed by atoms with van der Waals surface area (Å²) in [6.45, 7) is 7.24. The summed E-state index contributed by atoms with van der Waals surface area (Å²) in [4.78, 5) is 53.2. The maximum Gasteiger partial charge on any atom is 0.407 e. The maximum atomic E-state index is 13.6. The van der Waals surface area contributed by atoms with Crippen molar-refractivity contribution in [3.8, 4) is 11.1 Å². The second-order valence-corrected chi connectivity index (χ2v) is 13.6. The van der Waals surface area contributed by atoms with Crippen molar-refractivity contribution in [3.05, 3.63) is 121 Å². The van der Waals surface area contributed by atoms with Crippen molar-refractivity contribution >= 4 is 23.9 Å². The quantitative estimate of drug-likeness (QED) is 0.0903. The average molecular weight is 708 g/mol. The lowest BCUT2D eigenvalue weighted by molar-refractivity contribution is -0.147. The number of alkyl carbamates (subject to hydrolysis) is 1. The Labute approximate surface area is 305 Å². The van der Waals surface area contributed by atoms with E-state index in [0.717, 1.165) is 35.1 Å². The van der Waals surface area contributed by atoms with E-state index in [2.05, 4.69) is 41.2 Å². The molecular formula is C42H49N3O7. The summed E-state index contributed by atoms with van der Waals surface area (Å²) in [5.74, 6) is -2.26. The molecule has 0 saturated heterocycles. The second-order valence-electron chi connectivity index (χ2n) is 13.6. The number of ether oxygens (including phenoxy) is 2. The summed E-state index contributed by atoms with van der Waals surface area (Å²) in [5, 5.41) is 18.6. The van der Waals surface area contributed by atoms with Crippen LogP contribution in [-0.4, -0.2) is 60.4 Å². The van der Waals surface area contributed by atoms with Gasteiger partial charge in [-0.05, 0) is 59.9 Å². The molecule has 274 valence electrons. The Hall–Kier alpha value is -5.22. The van der Waals surface area contributed by atoms with Crippen LogP contribution in [0.1, 0.15) is 80.0 Å². The highest BCUT2D eigenvalue weighted by Crippen LogP contribution is 2.44. The first-order valence-corrected chi connectivity index (χ1v) is 18.0. The Kier molecular flexibility index (Phi) is 13.4. The first kappa shape index (κ1) is 38.0. The van der Waals surface area contributed by atoms with Crippen LogP contribution in [0, 0.1) is 5.92 Å². The van der Waals surface area contributed by atoms with E-state index in [1.54, 1.807) is 12.2 Å². The third-order valence-electron chi connectivity index (χ3n) is 10.0. The zero-order valence-corrected chi connectivity index (χ0v) is 29.6. The van der Waals surface area contributed by atoms with E-state index in [1.165, 1.54) is 0 Å². The van der Waals surface area contributed by atoms with Crippen molar-refractivity contribution in [3.63, 3.8) is 0 Å². The van der Waals surface area contributed by atoms with Gasteiger partial charge in [-0.2, -0.15) is 0 Å². The predicted molar refractivity (Wildman–Crippen MR) is 199 cm³/mol. The van der Waals surface area contributed by atoms with E-state index < -0.39 is 41.5 Å². The van der Waals surface area contributed by atoms with Gasteiger partial charge in [-0.3, -0.25) is 9.59 Å². The molecule has 5 rings (SSSR count). The molecule has 0 spiro atoms. The number of nitrogens with one attached hydrogen (secondary N) is 3. The Balaban J connectivity index is 1.21. The number of carbonyl (C=O) groups excluding carboxylic acids is 4. The second kappa shape index (κ2) is 18.3. The summed E-state index contributed by atoms with van der Waals surface area (Å²) < 4.78 is 11.4. The molecule has 0 radical (unpaired) electrons. The van der Waals surface area contributed by atoms with Crippen LogP contribution in [0.4, 0.5) is 4.79 Å². The smallest absolute Gasteiger partial charge is 0.407 e. The van der Waals surface area contributed by atoms with Gasteiger partial charge in [0, 0.05) is 12.3 Å². The number of benzene rings is 3. The van der Waals surface area contributed by atoms with Crippen molar-refractivity contribution in [1.82, 2.24) is 16.0 Å². The Morgan fingerprint density at radius 2 is 1.48 bits per heavy atom. The SMILES string of the molecule is C=CCCC(NC(=O)OCC1c2ccccc2-c2ccccc21)C(=O)OCC(NC(=O)C(CC=C)CC(=O)NC1(CO)CCCC1)c1ccccc1. The molecule has 1 saturated carbocycles. The Bertz CT molecular complexity index is 1670. The standard InChI is InChI=1S/C42H49N3O7/c1-3-5-22-36(44-41(50)52-26-35-33-20-11-9-18-31(33)32-19-10-12-21-34(32)35)40(49)51-27-37(29-16-7-6-8-17-29)43-39(48)30(15-4-2)25-38(47)45-42(28-46)23-13-14-24-42/h3-4,6-12,16-21,30,35-37,46H,1-2,5,13-15,22-28H2,(H,43,48)(H,44,50)(H,45,47). The molecule has 0 aliphatic heterocycles. The molecule has 0 aromatic heterocycles. The van der Waals surface area contributed by atoms with Crippen LogP contribution < -0.4 is 16.0 Å². The number of aliphatic hydroxyl groups is 1. The van der Waals surface area contributed by atoms with Crippen LogP contribution in [0.2, 0.25) is 0 Å². The molecular weight excluding hydrogens is 658 g/mol. The molecule has 1 fully saturated rings. The van der Waals surface area contributed by atoms with Crippen LogP contribution in [-0.2, 0) is 23.9 Å². The first-order valence-electron chi connectivity index (χ1n) is 18.0. The molecule has 3 aromatic rings. The lowest BCUT2D eigenvalue weighted by atomic mass is 9.95. The highest BCUT2D eigenvalue weighted by molar-refractivity contribution is 5.87. The number of hydrogen-bond acceptors (Lipinski definition) is 7. The van der Waals surface area contributed by atoms with Gasteiger partial charge < -0.3 is 30.5 Å². The minimum absolute atomic E-state index is 0.0887. The Morgan fingerprint density at radius 1 is 0.846 bits per heavy atom. The van der Waals surface area contributed by atoms with E-state index in [-0.39, 0.29) is 50.9 Å². The van der Waals surface area contributed by atoms with Gasteiger partial charge in [0.25, 0.3) is 0 Å². The number of allylic oxidation sites excluding steroid dienone is 2. The van der Waals surface area contributed by atoms with E-state index in [0.29, 0.717) is 24.8 Å². The summed E-state index contributed by atoms with van der Waals surface area (Å²) in [5.41, 5.74) is 4.42. The summed E-state index contributed by atoms with van der Waals surface area (Å²) in [6.07, 6.45) is 6.56. The molecule has 10 heteroatoms. The number of rotatable bonds is 18. The van der Waals surface area contributed by atoms with Crippen LogP contribution in [0.5, 0.6) is 0 Å². The topological polar surface area (TPSA) is 143 Å². The monoisotopic (exact) mass is 707 g/mol. The van der Waals surface area contributed by atoms with Crippen molar-refractivity contribution in [2.45, 2.75) is 74.9 Å². The molecule has 2 aliphatic rings. The van der Waals surface area contributed by atoms with Gasteiger partial charge in [0.15, 0.2) is 0 Å². The molecule has 0 heterocycles. The van der Waals surface area contributed by atoms with E-state index in [9.17, 15) is 24.3 Å². The number of amides is 3. The Morgan fingerprint density at radius 3 is 2.10 bits per heavy atom. The van der Waals surface area contributed by atoms with Gasteiger partial charge in [-0.15, -0.1) is 13.2 Å². The highest BCUT2D eigenvalue weighted by atomic mass is 16.6. The maximum absolute atomic E-state index is 13.6. The molecule has 4 N–H and O–H groups in total. The minimum atomic E-state index is -1.02. The van der Waals surface area contributed by atoms with Crippen molar-refractivity contribution in [2.24, 2.45) is 5.92 Å². The minimum Gasteiger partial charge on any atom is -0.462 e. The molecule has 3 amide bonds. The number of aliphatic hydroxyl groups excluding tert-OH is 1. The van der Waals surface area contributed by atoms with Gasteiger partial charge in [0.2, 0.25) is 11.8 Å². The zero-order valence-electron chi connectivity index (χ0n) is 29.6. The molecule has 10 nitrogen and oxygen atoms in total. The van der Waals surface area contributed by atoms with Gasteiger partial charge in [0.1, 0.15) is 19.3 Å². The molecule has 3 unspecified atom stereocenters. The number of fused-ring (bicyclic) bond motifs is 3. The first-order chi connectivity index (χ1) is 25.3. The predicted octanol–water partition coefficient (Wildman–Crippen LogP) is 6.26. The lowest BCUT2D eigenvalue weighted by Crippen LogP contribution is -2.50. The molecule has 2 aliphatic carbocycles. The molecule has 3 aromatic carbocycles. The number of hydrogen-bond donors (Lipinski definition) is 4. The summed E-state index contributed by atoms with van der Waals surface area (Å²) >= 11 is 0.